The number of nitrogens with zero attached hydrogens (tertiary/aromatic N) is 5. The molecule has 0 bridgehead atoms. The van der Waals surface area contributed by atoms with E-state index in [-0.39, 0.29) is 5.91 Å². The number of hydrogen-bond donors (Lipinski definition) is 0. The van der Waals surface area contributed by atoms with Gasteiger partial charge in [0.2, 0.25) is 0 Å². The number of carbonyl (C=O) groups is 1. The number of aryl methyl sites for hydroxylation is 2. The van der Waals surface area contributed by atoms with Gasteiger partial charge in [-0.05, 0) is 29.8 Å². The molecule has 114 valence electrons. The van der Waals surface area contributed by atoms with Gasteiger partial charge in [0.25, 0.3) is 5.91 Å². The van der Waals surface area contributed by atoms with Crippen LogP contribution in [0.15, 0.2) is 16.9 Å². The van der Waals surface area contributed by atoms with Crippen LogP contribution >= 0.6 is 27.5 Å². The molecule has 0 aliphatic heterocycles. The van der Waals surface area contributed by atoms with Crippen LogP contribution in [0, 0.1) is 0 Å². The first-order valence-corrected chi connectivity index (χ1v) is 7.83. The van der Waals surface area contributed by atoms with Gasteiger partial charge in [-0.1, -0.05) is 11.6 Å². The molecule has 1 amide bonds. The molecule has 2 rings (SSSR count). The lowest BCUT2D eigenvalue weighted by molar-refractivity contribution is 0.0769. The maximum Gasteiger partial charge on any atom is 0.273 e. The molecule has 0 radical (unpaired) electrons. The molecule has 0 saturated heterocycles. The summed E-state index contributed by atoms with van der Waals surface area (Å²) in [6.07, 6.45) is 3.23. The van der Waals surface area contributed by atoms with Crippen molar-refractivity contribution in [3.8, 4) is 0 Å². The number of hydrogen-bond acceptors (Lipinski definition) is 3. The van der Waals surface area contributed by atoms with E-state index in [0.717, 1.165) is 16.7 Å². The molecule has 8 heteroatoms. The third kappa shape index (κ3) is 3.13. The highest BCUT2D eigenvalue weighted by Crippen LogP contribution is 2.21. The Morgan fingerprint density at radius 1 is 1.29 bits per heavy atom. The largest absolute Gasteiger partial charge is 0.334 e. The van der Waals surface area contributed by atoms with Crippen LogP contribution in [0.4, 0.5) is 0 Å². The van der Waals surface area contributed by atoms with E-state index in [1.54, 1.807) is 22.8 Å². The summed E-state index contributed by atoms with van der Waals surface area (Å²) in [5, 5.41) is 8.72. The minimum absolute atomic E-state index is 0.157. The maximum atomic E-state index is 12.6. The van der Waals surface area contributed by atoms with Crippen molar-refractivity contribution in [3.63, 3.8) is 0 Å². The van der Waals surface area contributed by atoms with E-state index in [9.17, 15) is 4.79 Å². The first-order valence-electron chi connectivity index (χ1n) is 6.66. The normalized spacial score (nSPS) is 10.9. The molecule has 0 saturated carbocycles. The quantitative estimate of drug-likeness (QED) is 0.808. The number of halogens is 2. The van der Waals surface area contributed by atoms with Crippen LogP contribution in [-0.4, -0.2) is 37.4 Å². The van der Waals surface area contributed by atoms with Crippen LogP contribution in [0.25, 0.3) is 0 Å². The van der Waals surface area contributed by atoms with Gasteiger partial charge in [0.15, 0.2) is 0 Å². The van der Waals surface area contributed by atoms with E-state index in [2.05, 4.69) is 26.1 Å². The van der Waals surface area contributed by atoms with Crippen molar-refractivity contribution in [2.75, 3.05) is 7.05 Å². The average molecular weight is 375 g/mol. The summed E-state index contributed by atoms with van der Waals surface area (Å²) in [7, 11) is 1.74. The Bertz CT molecular complexity index is 651. The van der Waals surface area contributed by atoms with Crippen molar-refractivity contribution >= 4 is 33.4 Å². The SMILES string of the molecule is CCn1ncc(Br)c1CN(C)C(=O)c1c(Cl)cnn1CC. The van der Waals surface area contributed by atoms with Crippen LogP contribution in [0.2, 0.25) is 5.02 Å². The highest BCUT2D eigenvalue weighted by Gasteiger charge is 2.22. The second-order valence-electron chi connectivity index (χ2n) is 4.57. The molecule has 0 aromatic carbocycles. The molecule has 0 aliphatic carbocycles. The number of aromatic nitrogens is 4. The minimum Gasteiger partial charge on any atom is -0.334 e. The molecule has 0 N–H and O–H groups in total. The molecule has 0 atom stereocenters. The fraction of sp³-hybridized carbons (Fsp3) is 0.462. The first kappa shape index (κ1) is 16.0. The second kappa shape index (κ2) is 6.62. The molecule has 21 heavy (non-hydrogen) atoms. The Balaban J connectivity index is 2.23. The van der Waals surface area contributed by atoms with E-state index >= 15 is 0 Å². The number of carbonyl (C=O) groups excluding carboxylic acids is 1. The van der Waals surface area contributed by atoms with Gasteiger partial charge in [-0.15, -0.1) is 0 Å². The smallest absolute Gasteiger partial charge is 0.273 e. The molecule has 0 aliphatic rings. The van der Waals surface area contributed by atoms with Gasteiger partial charge in [0.1, 0.15) is 5.69 Å². The Kier molecular flexibility index (Phi) is 5.05. The van der Waals surface area contributed by atoms with Crippen molar-refractivity contribution < 1.29 is 4.79 Å². The lowest BCUT2D eigenvalue weighted by Gasteiger charge is -2.19. The summed E-state index contributed by atoms with van der Waals surface area (Å²) in [6, 6.07) is 0. The zero-order valence-corrected chi connectivity index (χ0v) is 14.5. The van der Waals surface area contributed by atoms with Crippen molar-refractivity contribution in [1.29, 1.82) is 0 Å². The van der Waals surface area contributed by atoms with Crippen LogP contribution in [0.5, 0.6) is 0 Å². The molecule has 0 spiro atoms. The van der Waals surface area contributed by atoms with Crippen molar-refractivity contribution in [2.45, 2.75) is 33.5 Å². The first-order chi connectivity index (χ1) is 9.99. The Morgan fingerprint density at radius 3 is 2.52 bits per heavy atom. The Labute approximate surface area is 136 Å². The zero-order valence-electron chi connectivity index (χ0n) is 12.2. The van der Waals surface area contributed by atoms with Gasteiger partial charge >= 0.3 is 0 Å². The third-order valence-electron chi connectivity index (χ3n) is 3.23. The van der Waals surface area contributed by atoms with Gasteiger partial charge in [-0.3, -0.25) is 14.2 Å². The van der Waals surface area contributed by atoms with Crippen molar-refractivity contribution in [1.82, 2.24) is 24.5 Å². The van der Waals surface area contributed by atoms with E-state index in [1.165, 1.54) is 6.20 Å². The number of amides is 1. The fourth-order valence-electron chi connectivity index (χ4n) is 2.11. The Morgan fingerprint density at radius 2 is 1.90 bits per heavy atom. The van der Waals surface area contributed by atoms with Gasteiger partial charge in [-0.25, -0.2) is 0 Å². The molecule has 2 aromatic rings. The Hall–Kier alpha value is -1.34. The van der Waals surface area contributed by atoms with Crippen LogP contribution in [0.3, 0.4) is 0 Å². The maximum absolute atomic E-state index is 12.6. The van der Waals surface area contributed by atoms with Gasteiger partial charge in [0, 0.05) is 20.1 Å². The molecule has 0 unspecified atom stereocenters. The summed E-state index contributed by atoms with van der Waals surface area (Å²) in [5.41, 5.74) is 1.37. The van der Waals surface area contributed by atoms with Crippen LogP contribution in [-0.2, 0) is 19.6 Å². The topological polar surface area (TPSA) is 56.0 Å². The molecule has 2 heterocycles. The molecule has 6 nitrogen and oxygen atoms in total. The fourth-order valence-corrected chi connectivity index (χ4v) is 2.75. The lowest BCUT2D eigenvalue weighted by atomic mass is 10.3. The van der Waals surface area contributed by atoms with Gasteiger partial charge < -0.3 is 4.90 Å². The molecular formula is C13H17BrClN5O. The number of rotatable bonds is 5. The van der Waals surface area contributed by atoms with Crippen molar-refractivity contribution in [2.24, 2.45) is 0 Å². The van der Waals surface area contributed by atoms with Crippen LogP contribution in [0.1, 0.15) is 30.0 Å². The molecule has 2 aromatic heterocycles. The summed E-state index contributed by atoms with van der Waals surface area (Å²) in [6.45, 7) is 5.71. The van der Waals surface area contributed by atoms with E-state index < -0.39 is 0 Å². The van der Waals surface area contributed by atoms with Gasteiger partial charge in [0.05, 0.1) is 34.1 Å². The predicted octanol–water partition coefficient (Wildman–Crippen LogP) is 2.81. The standard InChI is InChI=1S/C13H17BrClN5O/c1-4-19-11(9(14)6-16-19)8-18(3)13(21)12-10(15)7-17-20(12)5-2/h6-7H,4-5,8H2,1-3H3. The van der Waals surface area contributed by atoms with Crippen molar-refractivity contribution in [3.05, 3.63) is 33.3 Å². The average Bonchev–Trinajstić information content (AvgIpc) is 3.01. The summed E-state index contributed by atoms with van der Waals surface area (Å²) < 4.78 is 4.35. The monoisotopic (exact) mass is 373 g/mol. The zero-order chi connectivity index (χ0) is 15.6. The van der Waals surface area contributed by atoms with E-state index in [0.29, 0.717) is 23.8 Å². The van der Waals surface area contributed by atoms with E-state index in [4.69, 9.17) is 11.6 Å². The highest BCUT2D eigenvalue weighted by atomic mass is 79.9. The highest BCUT2D eigenvalue weighted by molar-refractivity contribution is 9.10. The summed E-state index contributed by atoms with van der Waals surface area (Å²) in [4.78, 5) is 14.2. The van der Waals surface area contributed by atoms with E-state index in [1.807, 2.05) is 18.5 Å². The summed E-state index contributed by atoms with van der Waals surface area (Å²) in [5.74, 6) is -0.157. The molecular weight excluding hydrogens is 358 g/mol. The summed E-state index contributed by atoms with van der Waals surface area (Å²) >= 11 is 9.54. The molecule has 0 fully saturated rings. The van der Waals surface area contributed by atoms with Gasteiger partial charge in [-0.2, -0.15) is 10.2 Å². The minimum atomic E-state index is -0.157. The second-order valence-corrected chi connectivity index (χ2v) is 5.83. The lowest BCUT2D eigenvalue weighted by Crippen LogP contribution is -2.30. The van der Waals surface area contributed by atoms with Crippen LogP contribution < -0.4 is 0 Å². The predicted molar refractivity (Wildman–Crippen MR) is 84.3 cm³/mol. The third-order valence-corrected chi connectivity index (χ3v) is 4.17.